The first kappa shape index (κ1) is 9.39. The van der Waals surface area contributed by atoms with Crippen molar-refractivity contribution in [2.24, 2.45) is 0 Å². The van der Waals surface area contributed by atoms with Crippen LogP contribution < -0.4 is 5.32 Å². The van der Waals surface area contributed by atoms with Crippen molar-refractivity contribution in [3.63, 3.8) is 0 Å². The highest BCUT2D eigenvalue weighted by Crippen LogP contribution is 2.29. The van der Waals surface area contributed by atoms with Gasteiger partial charge < -0.3 is 5.32 Å². The van der Waals surface area contributed by atoms with Crippen LogP contribution in [0, 0.1) is 6.92 Å². The number of aryl methyl sites for hydroxylation is 1. The number of benzene rings is 1. The molecule has 0 bridgehead atoms. The zero-order valence-electron chi connectivity index (χ0n) is 9.44. The fraction of sp³-hybridized carbons (Fsp3) is 0.333. The molecule has 2 heterocycles. The van der Waals surface area contributed by atoms with Crippen molar-refractivity contribution in [3.05, 3.63) is 35.9 Å². The predicted octanol–water partition coefficient (Wildman–Crippen LogP) is 2.10. The number of aromatic nitrogens is 3. The second-order valence-electron chi connectivity index (χ2n) is 4.24. The molecule has 2 aromatic rings. The third-order valence-corrected chi connectivity index (χ3v) is 3.03. The Bertz CT molecular complexity index is 530. The molecule has 3 rings (SSSR count). The van der Waals surface area contributed by atoms with E-state index in [0.29, 0.717) is 5.92 Å². The molecule has 0 saturated carbocycles. The van der Waals surface area contributed by atoms with E-state index in [1.54, 1.807) is 0 Å². The van der Waals surface area contributed by atoms with Gasteiger partial charge in [0.25, 0.3) is 0 Å². The van der Waals surface area contributed by atoms with Crippen molar-refractivity contribution in [3.8, 4) is 5.69 Å². The molecule has 1 aromatic carbocycles. The number of rotatable bonds is 0. The van der Waals surface area contributed by atoms with Gasteiger partial charge in [-0.3, -0.25) is 4.57 Å². The second kappa shape index (κ2) is 3.33. The van der Waals surface area contributed by atoms with Crippen molar-refractivity contribution >= 4 is 5.69 Å². The Morgan fingerprint density at radius 2 is 2.12 bits per heavy atom. The molecule has 0 spiro atoms. The smallest absolute Gasteiger partial charge is 0.142 e. The molecule has 0 aliphatic carbocycles. The van der Waals surface area contributed by atoms with Crippen molar-refractivity contribution in [2.75, 3.05) is 11.9 Å². The zero-order valence-corrected chi connectivity index (χ0v) is 9.44. The van der Waals surface area contributed by atoms with Gasteiger partial charge in [0.15, 0.2) is 0 Å². The topological polar surface area (TPSA) is 42.7 Å². The maximum Gasteiger partial charge on any atom is 0.142 e. The fourth-order valence-electron chi connectivity index (χ4n) is 2.17. The molecule has 4 nitrogen and oxygen atoms in total. The Balaban J connectivity index is 2.31. The number of anilines is 1. The van der Waals surface area contributed by atoms with E-state index >= 15 is 0 Å². The molecule has 1 atom stereocenters. The maximum atomic E-state index is 4.27. The summed E-state index contributed by atoms with van der Waals surface area (Å²) in [6.45, 7) is 5.05. The van der Waals surface area contributed by atoms with E-state index in [1.165, 1.54) is 0 Å². The van der Waals surface area contributed by atoms with E-state index in [2.05, 4.69) is 39.1 Å². The molecular weight excluding hydrogens is 200 g/mol. The lowest BCUT2D eigenvalue weighted by Crippen LogP contribution is -2.09. The minimum Gasteiger partial charge on any atom is -0.383 e. The van der Waals surface area contributed by atoms with Gasteiger partial charge >= 0.3 is 0 Å². The number of nitrogens with one attached hydrogen (secondary N) is 1. The maximum absolute atomic E-state index is 4.27. The summed E-state index contributed by atoms with van der Waals surface area (Å²) in [5.74, 6) is 2.35. The van der Waals surface area contributed by atoms with Crippen molar-refractivity contribution in [2.45, 2.75) is 19.8 Å². The highest BCUT2D eigenvalue weighted by Gasteiger charge is 2.21. The molecular formula is C12H14N4. The minimum absolute atomic E-state index is 0.369. The van der Waals surface area contributed by atoms with E-state index < -0.39 is 0 Å². The van der Waals surface area contributed by atoms with Crippen LogP contribution in [0.3, 0.4) is 0 Å². The molecule has 1 N–H and O–H groups in total. The first-order valence-electron chi connectivity index (χ1n) is 5.52. The van der Waals surface area contributed by atoms with Gasteiger partial charge in [-0.25, -0.2) is 0 Å². The highest BCUT2D eigenvalue weighted by molar-refractivity contribution is 5.62. The Morgan fingerprint density at radius 1 is 1.31 bits per heavy atom. The van der Waals surface area contributed by atoms with Crippen LogP contribution in [-0.2, 0) is 0 Å². The Morgan fingerprint density at radius 3 is 3.00 bits per heavy atom. The molecule has 1 aliphatic heterocycles. The summed E-state index contributed by atoms with van der Waals surface area (Å²) in [5, 5.41) is 11.9. The molecule has 0 saturated heterocycles. The lowest BCUT2D eigenvalue weighted by Gasteiger charge is -2.09. The number of fused-ring (bicyclic) bond motifs is 3. The molecule has 16 heavy (non-hydrogen) atoms. The van der Waals surface area contributed by atoms with Crippen LogP contribution in [0.4, 0.5) is 5.69 Å². The van der Waals surface area contributed by atoms with Gasteiger partial charge in [-0.2, -0.15) is 0 Å². The van der Waals surface area contributed by atoms with E-state index in [1.807, 2.05) is 19.1 Å². The van der Waals surface area contributed by atoms with E-state index in [4.69, 9.17) is 0 Å². The normalized spacial score (nSPS) is 18.2. The Hall–Kier alpha value is -1.84. The Labute approximate surface area is 94.3 Å². The van der Waals surface area contributed by atoms with Gasteiger partial charge in [-0.1, -0.05) is 19.1 Å². The molecule has 0 amide bonds. The summed E-state index contributed by atoms with van der Waals surface area (Å²) in [6, 6.07) is 8.28. The van der Waals surface area contributed by atoms with Crippen LogP contribution >= 0.6 is 0 Å². The van der Waals surface area contributed by atoms with E-state index in [-0.39, 0.29) is 0 Å². The first-order valence-corrected chi connectivity index (χ1v) is 5.52. The second-order valence-corrected chi connectivity index (χ2v) is 4.24. The number of hydrogen-bond donors (Lipinski definition) is 1. The average Bonchev–Trinajstić information content (AvgIpc) is 2.61. The number of hydrogen-bond acceptors (Lipinski definition) is 3. The summed E-state index contributed by atoms with van der Waals surface area (Å²) < 4.78 is 2.14. The van der Waals surface area contributed by atoms with E-state index in [0.717, 1.165) is 29.6 Å². The summed E-state index contributed by atoms with van der Waals surface area (Å²) in [6.07, 6.45) is 0. The third kappa shape index (κ3) is 1.23. The molecule has 82 valence electrons. The number of para-hydroxylation sites is 2. The SMILES string of the molecule is Cc1nnc2n1-c1ccccc1NCC2C. The zero-order chi connectivity index (χ0) is 11.1. The minimum atomic E-state index is 0.369. The Kier molecular flexibility index (Phi) is 1.96. The first-order chi connectivity index (χ1) is 7.77. The summed E-state index contributed by atoms with van der Waals surface area (Å²) >= 11 is 0. The van der Waals surface area contributed by atoms with Gasteiger partial charge in [-0.15, -0.1) is 10.2 Å². The van der Waals surface area contributed by atoms with Crippen molar-refractivity contribution < 1.29 is 0 Å². The summed E-state index contributed by atoms with van der Waals surface area (Å²) in [4.78, 5) is 0. The third-order valence-electron chi connectivity index (χ3n) is 3.03. The largest absolute Gasteiger partial charge is 0.383 e. The summed E-state index contributed by atoms with van der Waals surface area (Å²) in [7, 11) is 0. The molecule has 0 radical (unpaired) electrons. The monoisotopic (exact) mass is 214 g/mol. The predicted molar refractivity (Wildman–Crippen MR) is 63.0 cm³/mol. The van der Waals surface area contributed by atoms with Crippen molar-refractivity contribution in [1.29, 1.82) is 0 Å². The van der Waals surface area contributed by atoms with Crippen LogP contribution in [-0.4, -0.2) is 21.3 Å². The molecule has 1 aromatic heterocycles. The van der Waals surface area contributed by atoms with Gasteiger partial charge in [0.05, 0.1) is 11.4 Å². The molecule has 1 unspecified atom stereocenters. The molecule has 0 fully saturated rings. The van der Waals surface area contributed by atoms with Crippen LogP contribution in [0.2, 0.25) is 0 Å². The lowest BCUT2D eigenvalue weighted by molar-refractivity contribution is 0.722. The van der Waals surface area contributed by atoms with Crippen LogP contribution in [0.25, 0.3) is 5.69 Å². The number of nitrogens with zero attached hydrogens (tertiary/aromatic N) is 3. The average molecular weight is 214 g/mol. The van der Waals surface area contributed by atoms with E-state index in [9.17, 15) is 0 Å². The van der Waals surface area contributed by atoms with Gasteiger partial charge in [-0.05, 0) is 19.1 Å². The standard InChI is InChI=1S/C12H14N4/c1-8-7-13-10-5-3-4-6-11(10)16-9(2)14-15-12(8)16/h3-6,8,13H,7H2,1-2H3. The van der Waals surface area contributed by atoms with Gasteiger partial charge in [0, 0.05) is 12.5 Å². The lowest BCUT2D eigenvalue weighted by atomic mass is 10.2. The molecule has 4 heteroatoms. The van der Waals surface area contributed by atoms with Crippen LogP contribution in [0.15, 0.2) is 24.3 Å². The van der Waals surface area contributed by atoms with Crippen LogP contribution in [0.1, 0.15) is 24.5 Å². The highest BCUT2D eigenvalue weighted by atomic mass is 15.3. The van der Waals surface area contributed by atoms with Gasteiger partial charge in [0.1, 0.15) is 11.6 Å². The fourth-order valence-corrected chi connectivity index (χ4v) is 2.17. The van der Waals surface area contributed by atoms with Crippen LogP contribution in [0.5, 0.6) is 0 Å². The molecule has 1 aliphatic rings. The summed E-state index contributed by atoms with van der Waals surface area (Å²) in [5.41, 5.74) is 2.29. The van der Waals surface area contributed by atoms with Crippen molar-refractivity contribution in [1.82, 2.24) is 14.8 Å². The quantitative estimate of drug-likeness (QED) is 0.730. The van der Waals surface area contributed by atoms with Gasteiger partial charge in [0.2, 0.25) is 0 Å².